The normalized spacial score (nSPS) is 43.0. The van der Waals surface area contributed by atoms with Gasteiger partial charge in [-0.05, 0) is 31.1 Å². The predicted octanol–water partition coefficient (Wildman–Crippen LogP) is 3.28. The van der Waals surface area contributed by atoms with Crippen LogP contribution in [0.15, 0.2) is 12.2 Å². The van der Waals surface area contributed by atoms with E-state index in [9.17, 15) is 5.11 Å². The first-order chi connectivity index (χ1) is 6.76. The van der Waals surface area contributed by atoms with Crippen LogP contribution in [0.4, 0.5) is 0 Å². The quantitative estimate of drug-likeness (QED) is 0.635. The number of allylic oxidation sites excluding steroid dienone is 1. The van der Waals surface area contributed by atoms with E-state index >= 15 is 0 Å². The van der Waals surface area contributed by atoms with E-state index in [1.165, 1.54) is 25.7 Å². The Bertz CT molecular complexity index is 221. The second kappa shape index (κ2) is 4.06. The third-order valence-corrected chi connectivity index (χ3v) is 4.25. The summed E-state index contributed by atoms with van der Waals surface area (Å²) in [6.45, 7) is 2.27. The molecule has 0 aromatic rings. The molecule has 0 heterocycles. The fourth-order valence-corrected chi connectivity index (χ4v) is 3.35. The molecule has 3 atom stereocenters. The van der Waals surface area contributed by atoms with Gasteiger partial charge in [-0.15, -0.1) is 0 Å². The molecule has 2 rings (SSSR count). The van der Waals surface area contributed by atoms with E-state index in [-0.39, 0.29) is 5.60 Å². The molecule has 1 N–H and O–H groups in total. The average molecular weight is 194 g/mol. The van der Waals surface area contributed by atoms with Crippen molar-refractivity contribution in [1.29, 1.82) is 0 Å². The molecule has 1 fully saturated rings. The van der Waals surface area contributed by atoms with Gasteiger partial charge in [-0.25, -0.2) is 0 Å². The van der Waals surface area contributed by atoms with Crippen molar-refractivity contribution in [3.05, 3.63) is 12.2 Å². The van der Waals surface area contributed by atoms with Gasteiger partial charge in [0.15, 0.2) is 0 Å². The molecule has 0 spiro atoms. The fourth-order valence-electron chi connectivity index (χ4n) is 3.35. The van der Waals surface area contributed by atoms with Crippen LogP contribution in [0.2, 0.25) is 0 Å². The Kier molecular flexibility index (Phi) is 2.96. The lowest BCUT2D eigenvalue weighted by atomic mass is 9.70. The van der Waals surface area contributed by atoms with E-state index in [0.29, 0.717) is 5.92 Å². The summed E-state index contributed by atoms with van der Waals surface area (Å²) < 4.78 is 0. The van der Waals surface area contributed by atoms with E-state index in [4.69, 9.17) is 0 Å². The Morgan fingerprint density at radius 2 is 2.21 bits per heavy atom. The number of hydrogen-bond donors (Lipinski definition) is 1. The van der Waals surface area contributed by atoms with Crippen molar-refractivity contribution >= 4 is 0 Å². The average Bonchev–Trinajstić information content (AvgIpc) is 2.36. The molecular formula is C13H22O. The molecule has 0 saturated heterocycles. The molecule has 1 heteroatoms. The summed E-state index contributed by atoms with van der Waals surface area (Å²) in [5.74, 6) is 1.30. The molecule has 2 aliphatic carbocycles. The molecule has 0 unspecified atom stereocenters. The first-order valence-corrected chi connectivity index (χ1v) is 6.13. The van der Waals surface area contributed by atoms with Crippen molar-refractivity contribution < 1.29 is 5.11 Å². The third-order valence-electron chi connectivity index (χ3n) is 4.25. The van der Waals surface area contributed by atoms with Gasteiger partial charge in [-0.3, -0.25) is 0 Å². The summed E-state index contributed by atoms with van der Waals surface area (Å²) in [4.78, 5) is 0. The van der Waals surface area contributed by atoms with Crippen LogP contribution in [0.5, 0.6) is 0 Å². The summed E-state index contributed by atoms with van der Waals surface area (Å²) in [5.41, 5.74) is -0.355. The highest BCUT2D eigenvalue weighted by atomic mass is 16.3. The zero-order valence-electron chi connectivity index (χ0n) is 9.21. The molecule has 14 heavy (non-hydrogen) atoms. The zero-order chi connectivity index (χ0) is 10.0. The molecular weight excluding hydrogens is 172 g/mol. The van der Waals surface area contributed by atoms with Crippen LogP contribution < -0.4 is 0 Å². The summed E-state index contributed by atoms with van der Waals surface area (Å²) in [6, 6.07) is 0. The lowest BCUT2D eigenvalue weighted by Gasteiger charge is -2.40. The van der Waals surface area contributed by atoms with Crippen LogP contribution in [-0.2, 0) is 0 Å². The van der Waals surface area contributed by atoms with E-state index in [0.717, 1.165) is 25.2 Å². The van der Waals surface area contributed by atoms with Gasteiger partial charge < -0.3 is 5.11 Å². The number of fused-ring (bicyclic) bond motifs is 1. The molecule has 0 bridgehead atoms. The van der Waals surface area contributed by atoms with Crippen molar-refractivity contribution in [2.24, 2.45) is 11.8 Å². The number of hydrogen-bond acceptors (Lipinski definition) is 1. The van der Waals surface area contributed by atoms with Gasteiger partial charge in [0.2, 0.25) is 0 Å². The van der Waals surface area contributed by atoms with E-state index in [1.807, 2.05) is 0 Å². The van der Waals surface area contributed by atoms with Gasteiger partial charge in [0.25, 0.3) is 0 Å². The Hall–Kier alpha value is -0.300. The number of aliphatic hydroxyl groups is 1. The smallest absolute Gasteiger partial charge is 0.0715 e. The second-order valence-corrected chi connectivity index (χ2v) is 5.04. The van der Waals surface area contributed by atoms with Gasteiger partial charge in [0, 0.05) is 0 Å². The van der Waals surface area contributed by atoms with Gasteiger partial charge in [0.05, 0.1) is 5.60 Å². The fraction of sp³-hybridized carbons (Fsp3) is 0.846. The highest BCUT2D eigenvalue weighted by Gasteiger charge is 2.41. The number of rotatable bonds is 1. The van der Waals surface area contributed by atoms with Crippen molar-refractivity contribution in [1.82, 2.24) is 0 Å². The highest BCUT2D eigenvalue weighted by molar-refractivity contribution is 5.05. The predicted molar refractivity (Wildman–Crippen MR) is 59.1 cm³/mol. The summed E-state index contributed by atoms with van der Waals surface area (Å²) in [6.07, 6.45) is 12.6. The monoisotopic (exact) mass is 194 g/mol. The molecule has 2 aliphatic rings. The maximum absolute atomic E-state index is 10.6. The molecule has 1 nitrogen and oxygen atoms in total. The van der Waals surface area contributed by atoms with Gasteiger partial charge >= 0.3 is 0 Å². The maximum Gasteiger partial charge on any atom is 0.0715 e. The first-order valence-electron chi connectivity index (χ1n) is 6.13. The van der Waals surface area contributed by atoms with Gasteiger partial charge in [0.1, 0.15) is 0 Å². The van der Waals surface area contributed by atoms with E-state index in [1.54, 1.807) is 0 Å². The minimum Gasteiger partial charge on any atom is -0.389 e. The van der Waals surface area contributed by atoms with Crippen molar-refractivity contribution in [2.45, 2.75) is 57.5 Å². The Balaban J connectivity index is 2.20. The second-order valence-electron chi connectivity index (χ2n) is 5.04. The van der Waals surface area contributed by atoms with Crippen molar-refractivity contribution in [2.75, 3.05) is 0 Å². The van der Waals surface area contributed by atoms with Crippen LogP contribution >= 0.6 is 0 Å². The maximum atomic E-state index is 10.6. The van der Waals surface area contributed by atoms with E-state index < -0.39 is 0 Å². The minimum absolute atomic E-state index is 0.355. The van der Waals surface area contributed by atoms with Gasteiger partial charge in [-0.2, -0.15) is 0 Å². The lowest BCUT2D eigenvalue weighted by Crippen LogP contribution is -2.41. The van der Waals surface area contributed by atoms with Gasteiger partial charge in [-0.1, -0.05) is 44.8 Å². The third kappa shape index (κ3) is 1.75. The Morgan fingerprint density at radius 1 is 1.36 bits per heavy atom. The van der Waals surface area contributed by atoms with E-state index in [2.05, 4.69) is 19.1 Å². The minimum atomic E-state index is -0.355. The Labute approximate surface area is 87.2 Å². The molecule has 0 aromatic heterocycles. The van der Waals surface area contributed by atoms with Crippen molar-refractivity contribution in [3.63, 3.8) is 0 Å². The standard InChI is InChI=1S/C13H22O/c1-2-11-7-3-5-9-13(14)10-6-4-8-12(11)13/h4,6,11-12,14H,2-3,5,7-10H2,1H3/t11-,12+,13+/m0/s1. The zero-order valence-corrected chi connectivity index (χ0v) is 9.21. The van der Waals surface area contributed by atoms with Crippen LogP contribution in [0.3, 0.4) is 0 Å². The molecule has 80 valence electrons. The summed E-state index contributed by atoms with van der Waals surface area (Å²) in [7, 11) is 0. The molecule has 0 aromatic carbocycles. The Morgan fingerprint density at radius 3 is 3.00 bits per heavy atom. The van der Waals surface area contributed by atoms with Crippen LogP contribution in [0.25, 0.3) is 0 Å². The molecule has 1 saturated carbocycles. The molecule has 0 amide bonds. The van der Waals surface area contributed by atoms with Crippen LogP contribution in [-0.4, -0.2) is 10.7 Å². The highest BCUT2D eigenvalue weighted by Crippen LogP contribution is 2.44. The molecule has 0 aliphatic heterocycles. The topological polar surface area (TPSA) is 20.2 Å². The molecule has 0 radical (unpaired) electrons. The summed E-state index contributed by atoms with van der Waals surface area (Å²) >= 11 is 0. The van der Waals surface area contributed by atoms with Crippen LogP contribution in [0, 0.1) is 11.8 Å². The van der Waals surface area contributed by atoms with Crippen LogP contribution in [0.1, 0.15) is 51.9 Å². The largest absolute Gasteiger partial charge is 0.389 e. The van der Waals surface area contributed by atoms with Crippen molar-refractivity contribution in [3.8, 4) is 0 Å². The summed E-state index contributed by atoms with van der Waals surface area (Å²) in [5, 5.41) is 10.6. The SMILES string of the molecule is CC[C@H]1CCCC[C@@]2(O)CC=CC[C@H]12. The first kappa shape index (κ1) is 10.2. The lowest BCUT2D eigenvalue weighted by molar-refractivity contribution is -0.0448.